The van der Waals surface area contributed by atoms with Gasteiger partial charge in [-0.05, 0) is 43.7 Å². The summed E-state index contributed by atoms with van der Waals surface area (Å²) in [5.74, 6) is -0.242. The molecule has 2 aromatic carbocycles. The Balaban J connectivity index is 2.09. The Bertz CT molecular complexity index is 822. The first-order valence-electron chi connectivity index (χ1n) is 8.47. The maximum absolute atomic E-state index is 12.7. The summed E-state index contributed by atoms with van der Waals surface area (Å²) in [5, 5.41) is 2.81. The van der Waals surface area contributed by atoms with Crippen molar-refractivity contribution in [1.82, 2.24) is 5.32 Å². The predicted molar refractivity (Wildman–Crippen MR) is 102 cm³/mol. The second kappa shape index (κ2) is 9.35. The standard InChI is InChI=1S/C19H24N2O4S/c1-3-25-14-8-13-20-19(22)16-9-7-10-17(15-16)21(2)26(23,24)18-11-5-4-6-12-18/h4-7,9-12,15H,3,8,13-14H2,1-2H3,(H,20,22). The molecule has 7 heteroatoms. The predicted octanol–water partition coefficient (Wildman–Crippen LogP) is 2.67. The van der Waals surface area contributed by atoms with Gasteiger partial charge in [-0.3, -0.25) is 9.10 Å². The SMILES string of the molecule is CCOCCCNC(=O)c1cccc(N(C)S(=O)(=O)c2ccccc2)c1. The molecular formula is C19H24N2O4S. The summed E-state index contributed by atoms with van der Waals surface area (Å²) in [4.78, 5) is 12.5. The average molecular weight is 376 g/mol. The molecule has 0 aliphatic rings. The van der Waals surface area contributed by atoms with Crippen LogP contribution in [-0.2, 0) is 14.8 Å². The number of hydrogen-bond acceptors (Lipinski definition) is 4. The van der Waals surface area contributed by atoms with Crippen LogP contribution in [0.4, 0.5) is 5.69 Å². The van der Waals surface area contributed by atoms with E-state index in [9.17, 15) is 13.2 Å². The number of anilines is 1. The number of carbonyl (C=O) groups is 1. The summed E-state index contributed by atoms with van der Waals surface area (Å²) in [6, 6.07) is 14.7. The van der Waals surface area contributed by atoms with Crippen LogP contribution in [0, 0.1) is 0 Å². The smallest absolute Gasteiger partial charge is 0.264 e. The van der Waals surface area contributed by atoms with E-state index in [0.717, 1.165) is 6.42 Å². The number of ether oxygens (including phenoxy) is 1. The largest absolute Gasteiger partial charge is 0.382 e. The van der Waals surface area contributed by atoms with E-state index in [-0.39, 0.29) is 10.8 Å². The van der Waals surface area contributed by atoms with Crippen LogP contribution in [0.25, 0.3) is 0 Å². The van der Waals surface area contributed by atoms with Crippen molar-refractivity contribution in [2.75, 3.05) is 31.1 Å². The van der Waals surface area contributed by atoms with E-state index in [4.69, 9.17) is 4.74 Å². The van der Waals surface area contributed by atoms with Crippen molar-refractivity contribution >= 4 is 21.6 Å². The lowest BCUT2D eigenvalue weighted by Crippen LogP contribution is -2.28. The molecule has 0 atom stereocenters. The molecule has 0 aliphatic carbocycles. The number of rotatable bonds is 9. The minimum absolute atomic E-state index is 0.202. The third kappa shape index (κ3) is 5.06. The van der Waals surface area contributed by atoms with Gasteiger partial charge in [0.2, 0.25) is 0 Å². The fourth-order valence-electron chi connectivity index (χ4n) is 2.35. The van der Waals surface area contributed by atoms with Crippen LogP contribution in [-0.4, -0.2) is 41.1 Å². The molecular weight excluding hydrogens is 352 g/mol. The minimum atomic E-state index is -3.68. The van der Waals surface area contributed by atoms with Gasteiger partial charge in [0.1, 0.15) is 0 Å². The first kappa shape index (κ1) is 19.9. The van der Waals surface area contributed by atoms with E-state index < -0.39 is 10.0 Å². The van der Waals surface area contributed by atoms with Gasteiger partial charge in [-0.25, -0.2) is 8.42 Å². The number of amides is 1. The third-order valence-electron chi connectivity index (χ3n) is 3.83. The molecule has 2 rings (SSSR count). The molecule has 1 amide bonds. The molecule has 0 aliphatic heterocycles. The zero-order chi connectivity index (χ0) is 19.0. The van der Waals surface area contributed by atoms with Crippen molar-refractivity contribution in [1.29, 1.82) is 0 Å². The highest BCUT2D eigenvalue weighted by molar-refractivity contribution is 7.92. The molecule has 0 spiro atoms. The third-order valence-corrected chi connectivity index (χ3v) is 5.63. The molecule has 6 nitrogen and oxygen atoms in total. The Labute approximate surface area is 154 Å². The van der Waals surface area contributed by atoms with Crippen LogP contribution in [0.5, 0.6) is 0 Å². The van der Waals surface area contributed by atoms with Gasteiger partial charge < -0.3 is 10.1 Å². The van der Waals surface area contributed by atoms with Gasteiger partial charge in [-0.15, -0.1) is 0 Å². The lowest BCUT2D eigenvalue weighted by atomic mass is 10.2. The van der Waals surface area contributed by atoms with Crippen molar-refractivity contribution in [2.45, 2.75) is 18.2 Å². The fourth-order valence-corrected chi connectivity index (χ4v) is 3.56. The minimum Gasteiger partial charge on any atom is -0.382 e. The van der Waals surface area contributed by atoms with Crippen molar-refractivity contribution in [2.24, 2.45) is 0 Å². The number of nitrogens with zero attached hydrogens (tertiary/aromatic N) is 1. The first-order chi connectivity index (χ1) is 12.5. The van der Waals surface area contributed by atoms with Crippen molar-refractivity contribution in [3.63, 3.8) is 0 Å². The van der Waals surface area contributed by atoms with Crippen molar-refractivity contribution < 1.29 is 17.9 Å². The van der Waals surface area contributed by atoms with Crippen LogP contribution in [0.2, 0.25) is 0 Å². The van der Waals surface area contributed by atoms with E-state index in [2.05, 4.69) is 5.32 Å². The molecule has 0 unspecified atom stereocenters. The Hall–Kier alpha value is -2.38. The Morgan fingerprint density at radius 2 is 1.85 bits per heavy atom. The lowest BCUT2D eigenvalue weighted by Gasteiger charge is -2.20. The topological polar surface area (TPSA) is 75.7 Å². The van der Waals surface area contributed by atoms with Crippen LogP contribution < -0.4 is 9.62 Å². The molecule has 0 saturated carbocycles. The molecule has 2 aromatic rings. The van der Waals surface area contributed by atoms with Gasteiger partial charge >= 0.3 is 0 Å². The number of sulfonamides is 1. The van der Waals surface area contributed by atoms with Gasteiger partial charge in [-0.1, -0.05) is 24.3 Å². The maximum atomic E-state index is 12.7. The fraction of sp³-hybridized carbons (Fsp3) is 0.316. The first-order valence-corrected chi connectivity index (χ1v) is 9.91. The van der Waals surface area contributed by atoms with Crippen molar-refractivity contribution in [3.8, 4) is 0 Å². The second-order valence-electron chi connectivity index (χ2n) is 5.64. The monoisotopic (exact) mass is 376 g/mol. The lowest BCUT2D eigenvalue weighted by molar-refractivity contribution is 0.0944. The quantitative estimate of drug-likeness (QED) is 0.683. The summed E-state index contributed by atoms with van der Waals surface area (Å²) < 4.78 is 31.8. The molecule has 0 saturated heterocycles. The molecule has 0 aromatic heterocycles. The van der Waals surface area contributed by atoms with Crippen LogP contribution >= 0.6 is 0 Å². The highest BCUT2D eigenvalue weighted by Gasteiger charge is 2.21. The molecule has 26 heavy (non-hydrogen) atoms. The molecule has 140 valence electrons. The Morgan fingerprint density at radius 1 is 1.12 bits per heavy atom. The highest BCUT2D eigenvalue weighted by Crippen LogP contribution is 2.22. The van der Waals surface area contributed by atoms with Gasteiger partial charge in [0.15, 0.2) is 0 Å². The van der Waals surface area contributed by atoms with Crippen molar-refractivity contribution in [3.05, 3.63) is 60.2 Å². The second-order valence-corrected chi connectivity index (χ2v) is 7.61. The molecule has 1 N–H and O–H groups in total. The van der Waals surface area contributed by atoms with Gasteiger partial charge in [-0.2, -0.15) is 0 Å². The van der Waals surface area contributed by atoms with Crippen LogP contribution in [0.1, 0.15) is 23.7 Å². The Morgan fingerprint density at radius 3 is 2.54 bits per heavy atom. The van der Waals surface area contributed by atoms with E-state index in [1.807, 2.05) is 6.92 Å². The zero-order valence-electron chi connectivity index (χ0n) is 15.0. The number of benzene rings is 2. The van der Waals surface area contributed by atoms with Crippen LogP contribution in [0.3, 0.4) is 0 Å². The number of nitrogens with one attached hydrogen (secondary N) is 1. The summed E-state index contributed by atoms with van der Waals surface area (Å²) in [6.07, 6.45) is 0.724. The normalized spacial score (nSPS) is 11.2. The van der Waals surface area contributed by atoms with Gasteiger partial charge in [0.05, 0.1) is 10.6 Å². The van der Waals surface area contributed by atoms with Crippen LogP contribution in [0.15, 0.2) is 59.5 Å². The average Bonchev–Trinajstić information content (AvgIpc) is 2.67. The maximum Gasteiger partial charge on any atom is 0.264 e. The summed E-state index contributed by atoms with van der Waals surface area (Å²) in [7, 11) is -2.20. The zero-order valence-corrected chi connectivity index (χ0v) is 15.8. The summed E-state index contributed by atoms with van der Waals surface area (Å²) >= 11 is 0. The number of carbonyl (C=O) groups excluding carboxylic acids is 1. The molecule has 0 fully saturated rings. The number of hydrogen-bond donors (Lipinski definition) is 1. The molecule has 0 heterocycles. The van der Waals surface area contributed by atoms with E-state index in [0.29, 0.717) is 31.0 Å². The van der Waals surface area contributed by atoms with E-state index in [1.54, 1.807) is 54.6 Å². The molecule has 0 radical (unpaired) electrons. The van der Waals surface area contributed by atoms with E-state index in [1.165, 1.54) is 11.4 Å². The van der Waals surface area contributed by atoms with E-state index >= 15 is 0 Å². The Kier molecular flexibility index (Phi) is 7.17. The highest BCUT2D eigenvalue weighted by atomic mass is 32.2. The molecule has 0 bridgehead atoms. The summed E-state index contributed by atoms with van der Waals surface area (Å²) in [6.45, 7) is 3.67. The summed E-state index contributed by atoms with van der Waals surface area (Å²) in [5.41, 5.74) is 0.838. The van der Waals surface area contributed by atoms with Gasteiger partial charge in [0.25, 0.3) is 15.9 Å². The van der Waals surface area contributed by atoms with Gasteiger partial charge in [0, 0.05) is 32.4 Å².